The molecule has 4 nitrogen and oxygen atoms in total. The Balaban J connectivity index is 3.34. The van der Waals surface area contributed by atoms with Gasteiger partial charge in [-0.3, -0.25) is 4.90 Å². The van der Waals surface area contributed by atoms with E-state index in [1.54, 1.807) is 39.8 Å². The van der Waals surface area contributed by atoms with Crippen molar-refractivity contribution in [2.24, 2.45) is 0 Å². The monoisotopic (exact) mass is 359 g/mol. The molecule has 2 N–H and O–H groups in total. The van der Waals surface area contributed by atoms with Crippen molar-refractivity contribution in [3.05, 3.63) is 47.5 Å². The van der Waals surface area contributed by atoms with Crippen LogP contribution in [0.3, 0.4) is 0 Å². The van der Waals surface area contributed by atoms with Crippen LogP contribution in [0.4, 0.5) is 18.0 Å². The van der Waals surface area contributed by atoms with Crippen molar-refractivity contribution < 1.29 is 28.2 Å². The maximum Gasteiger partial charge on any atom is 0.416 e. The topological polar surface area (TPSA) is 60.8 Å². The van der Waals surface area contributed by atoms with Crippen molar-refractivity contribution in [2.45, 2.75) is 51.4 Å². The molecule has 0 saturated carbocycles. The lowest BCUT2D eigenvalue weighted by Gasteiger charge is -2.41. The molecule has 25 heavy (non-hydrogen) atoms. The average molecular weight is 359 g/mol. The predicted molar refractivity (Wildman–Crippen MR) is 89.5 cm³/mol. The number of nitrogens with zero attached hydrogens (tertiary/aromatic N) is 1. The van der Waals surface area contributed by atoms with Gasteiger partial charge in [-0.1, -0.05) is 24.3 Å². The fourth-order valence-electron chi connectivity index (χ4n) is 2.85. The number of aliphatic hydroxyl groups is 1. The van der Waals surface area contributed by atoms with E-state index in [-0.39, 0.29) is 0 Å². The molecule has 0 spiro atoms. The molecule has 1 aromatic carbocycles. The third-order valence-electron chi connectivity index (χ3n) is 3.88. The van der Waals surface area contributed by atoms with Crippen LogP contribution < -0.4 is 0 Å². The van der Waals surface area contributed by atoms with Crippen LogP contribution in [-0.2, 0) is 6.18 Å². The number of alkyl halides is 3. The van der Waals surface area contributed by atoms with E-state index in [0.29, 0.717) is 5.56 Å². The zero-order chi connectivity index (χ0) is 19.4. The highest BCUT2D eigenvalue weighted by atomic mass is 19.4. The molecule has 7 heteroatoms. The van der Waals surface area contributed by atoms with Crippen LogP contribution in [0.5, 0.6) is 0 Å². The van der Waals surface area contributed by atoms with Crippen molar-refractivity contribution >= 4 is 6.09 Å². The Morgan fingerprint density at radius 3 is 2.04 bits per heavy atom. The summed E-state index contributed by atoms with van der Waals surface area (Å²) < 4.78 is 38.2. The minimum absolute atomic E-state index is 0.459. The third kappa shape index (κ3) is 5.22. The number of allylic oxidation sites excluding steroid dienone is 1. The summed E-state index contributed by atoms with van der Waals surface area (Å²) in [4.78, 5) is 12.8. The van der Waals surface area contributed by atoms with Crippen molar-refractivity contribution in [3.63, 3.8) is 0 Å². The van der Waals surface area contributed by atoms with Crippen molar-refractivity contribution in [1.82, 2.24) is 4.90 Å². The van der Waals surface area contributed by atoms with Gasteiger partial charge in [0.25, 0.3) is 0 Å². The molecular weight excluding hydrogens is 335 g/mol. The van der Waals surface area contributed by atoms with Gasteiger partial charge in [-0.2, -0.15) is 13.2 Å². The van der Waals surface area contributed by atoms with E-state index in [1.165, 1.54) is 12.1 Å². The Labute approximate surface area is 145 Å². The van der Waals surface area contributed by atoms with Crippen LogP contribution in [0.2, 0.25) is 0 Å². The lowest BCUT2D eigenvalue weighted by atomic mass is 9.87. The average Bonchev–Trinajstić information content (AvgIpc) is 2.48. The summed E-state index contributed by atoms with van der Waals surface area (Å²) in [6.07, 6.45) is -2.27. The van der Waals surface area contributed by atoms with Crippen LogP contribution in [-0.4, -0.2) is 39.4 Å². The highest BCUT2D eigenvalue weighted by Crippen LogP contribution is 2.33. The summed E-state index contributed by atoms with van der Waals surface area (Å²) in [7, 11) is 0. The van der Waals surface area contributed by atoms with Gasteiger partial charge in [0, 0.05) is 11.5 Å². The van der Waals surface area contributed by atoms with Crippen LogP contribution in [0, 0.1) is 0 Å². The predicted octanol–water partition coefficient (Wildman–Crippen LogP) is 4.50. The quantitative estimate of drug-likeness (QED) is 0.761. The zero-order valence-electron chi connectivity index (χ0n) is 14.7. The number of benzene rings is 1. The molecule has 0 bridgehead atoms. The molecule has 0 aromatic heterocycles. The van der Waals surface area contributed by atoms with E-state index in [0.717, 1.165) is 17.0 Å². The second kappa shape index (κ2) is 7.91. The van der Waals surface area contributed by atoms with Crippen molar-refractivity contribution in [3.8, 4) is 0 Å². The first kappa shape index (κ1) is 21.0. The van der Waals surface area contributed by atoms with Crippen LogP contribution in [0.15, 0.2) is 36.4 Å². The minimum atomic E-state index is -4.44. The summed E-state index contributed by atoms with van der Waals surface area (Å²) in [5.74, 6) is -0.576. The van der Waals surface area contributed by atoms with Gasteiger partial charge in [0.05, 0.1) is 18.2 Å². The molecule has 0 fully saturated rings. The number of rotatable bonds is 5. The summed E-state index contributed by atoms with van der Waals surface area (Å²) >= 11 is 0. The van der Waals surface area contributed by atoms with Gasteiger partial charge in [0.2, 0.25) is 0 Å². The summed E-state index contributed by atoms with van der Waals surface area (Å²) in [5.41, 5.74) is -1.06. The summed E-state index contributed by atoms with van der Waals surface area (Å²) in [6, 6.07) is 3.73. The molecule has 0 heterocycles. The first-order chi connectivity index (χ1) is 11.4. The Kier molecular flexibility index (Phi) is 6.65. The van der Waals surface area contributed by atoms with Crippen LogP contribution in [0.25, 0.3) is 0 Å². The molecule has 0 aliphatic carbocycles. The zero-order valence-corrected chi connectivity index (χ0v) is 14.7. The molecule has 140 valence electrons. The molecule has 1 amide bonds. The third-order valence-corrected chi connectivity index (χ3v) is 3.88. The van der Waals surface area contributed by atoms with E-state index < -0.39 is 41.9 Å². The Hall–Kier alpha value is -2.02. The molecule has 0 unspecified atom stereocenters. The Morgan fingerprint density at radius 2 is 1.72 bits per heavy atom. The standard InChI is InChI=1S/C18H24F3NO3/c1-5-6-14(12-7-9-13(10-8-12)18(19,20)21)15(11-23)22(16(24)25)17(2,3)4/h5-10,14-15,23H,11H2,1-4H3,(H,24,25)/b6-5+/t14-,15+/m0/s1. The van der Waals surface area contributed by atoms with E-state index in [9.17, 15) is 28.2 Å². The molecule has 0 aliphatic heterocycles. The molecule has 0 saturated heterocycles. The second-order valence-corrected chi connectivity index (χ2v) is 6.74. The van der Waals surface area contributed by atoms with Crippen molar-refractivity contribution in [2.75, 3.05) is 6.61 Å². The number of aliphatic hydroxyl groups excluding tert-OH is 1. The number of hydrogen-bond acceptors (Lipinski definition) is 2. The van der Waals surface area contributed by atoms with E-state index in [2.05, 4.69) is 0 Å². The van der Waals surface area contributed by atoms with Gasteiger partial charge < -0.3 is 10.2 Å². The van der Waals surface area contributed by atoms with E-state index in [4.69, 9.17) is 0 Å². The summed E-state index contributed by atoms with van der Waals surface area (Å²) in [6.45, 7) is 6.36. The molecule has 0 aliphatic rings. The number of amides is 1. The summed E-state index contributed by atoms with van der Waals surface area (Å²) in [5, 5.41) is 19.4. The Morgan fingerprint density at radius 1 is 1.20 bits per heavy atom. The molecule has 1 rings (SSSR count). The van der Waals surface area contributed by atoms with E-state index in [1.807, 2.05) is 0 Å². The Bertz CT molecular complexity index is 603. The maximum atomic E-state index is 12.7. The molecular formula is C18H24F3NO3. The first-order valence-electron chi connectivity index (χ1n) is 7.86. The minimum Gasteiger partial charge on any atom is -0.465 e. The van der Waals surface area contributed by atoms with Crippen molar-refractivity contribution in [1.29, 1.82) is 0 Å². The highest BCUT2D eigenvalue weighted by Gasteiger charge is 2.37. The van der Waals surface area contributed by atoms with Gasteiger partial charge >= 0.3 is 12.3 Å². The largest absolute Gasteiger partial charge is 0.465 e. The normalized spacial score (nSPS) is 15.2. The lowest BCUT2D eigenvalue weighted by Crippen LogP contribution is -2.54. The van der Waals surface area contributed by atoms with Gasteiger partial charge in [0.1, 0.15) is 0 Å². The first-order valence-corrected chi connectivity index (χ1v) is 7.86. The molecule has 0 radical (unpaired) electrons. The van der Waals surface area contributed by atoms with Gasteiger partial charge in [-0.15, -0.1) is 0 Å². The number of carboxylic acid groups (broad SMARTS) is 1. The fourth-order valence-corrected chi connectivity index (χ4v) is 2.85. The maximum absolute atomic E-state index is 12.7. The highest BCUT2D eigenvalue weighted by molar-refractivity contribution is 5.67. The van der Waals surface area contributed by atoms with Gasteiger partial charge in [-0.25, -0.2) is 4.79 Å². The molecule has 2 atom stereocenters. The van der Waals surface area contributed by atoms with Crippen LogP contribution >= 0.6 is 0 Å². The van der Waals surface area contributed by atoms with Gasteiger partial charge in [0.15, 0.2) is 0 Å². The van der Waals surface area contributed by atoms with E-state index >= 15 is 0 Å². The van der Waals surface area contributed by atoms with Gasteiger partial charge in [-0.05, 0) is 45.4 Å². The second-order valence-electron chi connectivity index (χ2n) is 6.74. The smallest absolute Gasteiger partial charge is 0.416 e. The fraction of sp³-hybridized carbons (Fsp3) is 0.500. The number of carbonyl (C=O) groups is 1. The number of hydrogen-bond donors (Lipinski definition) is 2. The SMILES string of the molecule is C/C=C/[C@@H](c1ccc(C(F)(F)F)cc1)[C@@H](CO)N(C(=O)O)C(C)(C)C. The number of halogens is 3. The van der Waals surface area contributed by atoms with Crippen LogP contribution in [0.1, 0.15) is 44.7 Å². The molecule has 1 aromatic rings. The lowest BCUT2D eigenvalue weighted by molar-refractivity contribution is -0.137.